The van der Waals surface area contributed by atoms with Crippen molar-refractivity contribution in [2.75, 3.05) is 6.54 Å². The molecule has 0 saturated heterocycles. The van der Waals surface area contributed by atoms with Crippen LogP contribution in [0, 0.1) is 0 Å². The van der Waals surface area contributed by atoms with Crippen LogP contribution in [0.2, 0.25) is 5.02 Å². The van der Waals surface area contributed by atoms with Gasteiger partial charge in [-0.2, -0.15) is 13.2 Å². The van der Waals surface area contributed by atoms with Crippen LogP contribution in [-0.2, 0) is 6.42 Å². The number of rotatable bonds is 5. The van der Waals surface area contributed by atoms with Crippen molar-refractivity contribution in [1.29, 1.82) is 0 Å². The second kappa shape index (κ2) is 6.26. The standard InChI is InChI=1S/C12H15ClF3N/c1-2-7-17-11(12(14,15)16)8-9-5-3-4-6-10(9)13/h3-6,11,17H,2,7-8H2,1H3. The van der Waals surface area contributed by atoms with E-state index in [-0.39, 0.29) is 6.42 Å². The van der Waals surface area contributed by atoms with Gasteiger partial charge < -0.3 is 5.32 Å². The van der Waals surface area contributed by atoms with Crippen LogP contribution in [0.1, 0.15) is 18.9 Å². The molecule has 1 aromatic carbocycles. The molecule has 0 heterocycles. The van der Waals surface area contributed by atoms with Gasteiger partial charge in [0.05, 0.1) is 0 Å². The van der Waals surface area contributed by atoms with E-state index in [9.17, 15) is 13.2 Å². The zero-order valence-electron chi connectivity index (χ0n) is 9.52. The van der Waals surface area contributed by atoms with E-state index in [1.54, 1.807) is 24.3 Å². The Morgan fingerprint density at radius 2 is 1.94 bits per heavy atom. The second-order valence-electron chi connectivity index (χ2n) is 3.84. The van der Waals surface area contributed by atoms with Crippen molar-refractivity contribution in [3.8, 4) is 0 Å². The largest absolute Gasteiger partial charge is 0.404 e. The van der Waals surface area contributed by atoms with Gasteiger partial charge >= 0.3 is 6.18 Å². The lowest BCUT2D eigenvalue weighted by Crippen LogP contribution is -2.44. The summed E-state index contributed by atoms with van der Waals surface area (Å²) in [5.41, 5.74) is 0.514. The fourth-order valence-corrected chi connectivity index (χ4v) is 1.72. The highest BCUT2D eigenvalue weighted by Crippen LogP contribution is 2.25. The SMILES string of the molecule is CCCNC(Cc1ccccc1Cl)C(F)(F)F. The Bertz CT molecular complexity index is 352. The average molecular weight is 266 g/mol. The van der Waals surface area contributed by atoms with Gasteiger partial charge in [0.15, 0.2) is 0 Å². The molecule has 17 heavy (non-hydrogen) atoms. The van der Waals surface area contributed by atoms with Gasteiger partial charge in [0.25, 0.3) is 0 Å². The molecule has 1 rings (SSSR count). The lowest BCUT2D eigenvalue weighted by molar-refractivity contribution is -0.155. The van der Waals surface area contributed by atoms with Gasteiger partial charge in [-0.25, -0.2) is 0 Å². The highest BCUT2D eigenvalue weighted by molar-refractivity contribution is 6.31. The third-order valence-corrected chi connectivity index (χ3v) is 2.79. The number of alkyl halides is 3. The van der Waals surface area contributed by atoms with Gasteiger partial charge in [-0.1, -0.05) is 36.7 Å². The third-order valence-electron chi connectivity index (χ3n) is 2.42. The summed E-state index contributed by atoms with van der Waals surface area (Å²) < 4.78 is 38.3. The maximum absolute atomic E-state index is 12.8. The van der Waals surface area contributed by atoms with Crippen LogP contribution >= 0.6 is 11.6 Å². The van der Waals surface area contributed by atoms with E-state index in [0.717, 1.165) is 0 Å². The minimum absolute atomic E-state index is 0.136. The van der Waals surface area contributed by atoms with Crippen LogP contribution in [0.15, 0.2) is 24.3 Å². The van der Waals surface area contributed by atoms with Crippen molar-refractivity contribution < 1.29 is 13.2 Å². The van der Waals surface area contributed by atoms with Crippen LogP contribution < -0.4 is 5.32 Å². The molecule has 1 unspecified atom stereocenters. The molecule has 0 aromatic heterocycles. The number of halogens is 4. The molecule has 1 nitrogen and oxygen atoms in total. The average Bonchev–Trinajstić information content (AvgIpc) is 2.25. The van der Waals surface area contributed by atoms with E-state index in [1.165, 1.54) is 0 Å². The number of benzene rings is 1. The van der Waals surface area contributed by atoms with Gasteiger partial charge in [-0.3, -0.25) is 0 Å². The molecule has 5 heteroatoms. The molecule has 0 amide bonds. The fourth-order valence-electron chi connectivity index (χ4n) is 1.51. The summed E-state index contributed by atoms with van der Waals surface area (Å²) in [7, 11) is 0. The number of hydrogen-bond acceptors (Lipinski definition) is 1. The molecule has 0 aliphatic rings. The Morgan fingerprint density at radius 1 is 1.29 bits per heavy atom. The molecule has 1 atom stereocenters. The Hall–Kier alpha value is -0.740. The summed E-state index contributed by atoms with van der Waals surface area (Å²) in [6.07, 6.45) is -3.73. The van der Waals surface area contributed by atoms with Crippen LogP contribution in [0.4, 0.5) is 13.2 Å². The van der Waals surface area contributed by atoms with Crippen LogP contribution in [0.25, 0.3) is 0 Å². The summed E-state index contributed by atoms with van der Waals surface area (Å²) in [4.78, 5) is 0. The second-order valence-corrected chi connectivity index (χ2v) is 4.25. The van der Waals surface area contributed by atoms with Gasteiger partial charge in [0, 0.05) is 5.02 Å². The highest BCUT2D eigenvalue weighted by atomic mass is 35.5. The predicted octanol–water partition coefficient (Wildman–Crippen LogP) is 3.81. The van der Waals surface area contributed by atoms with E-state index in [0.29, 0.717) is 23.6 Å². The Morgan fingerprint density at radius 3 is 2.47 bits per heavy atom. The van der Waals surface area contributed by atoms with Crippen LogP contribution in [0.3, 0.4) is 0 Å². The molecule has 0 spiro atoms. The molecule has 1 aromatic rings. The quantitative estimate of drug-likeness (QED) is 0.854. The van der Waals surface area contributed by atoms with Gasteiger partial charge in [0.1, 0.15) is 6.04 Å². The number of hydrogen-bond donors (Lipinski definition) is 1. The minimum Gasteiger partial charge on any atom is -0.306 e. The number of nitrogens with one attached hydrogen (secondary N) is 1. The lowest BCUT2D eigenvalue weighted by atomic mass is 10.1. The van der Waals surface area contributed by atoms with Gasteiger partial charge in [-0.05, 0) is 31.0 Å². The molecule has 96 valence electrons. The molecule has 0 bridgehead atoms. The molecular weight excluding hydrogens is 251 g/mol. The first kappa shape index (κ1) is 14.3. The van der Waals surface area contributed by atoms with E-state index >= 15 is 0 Å². The first-order valence-corrected chi connectivity index (χ1v) is 5.86. The first-order chi connectivity index (χ1) is 7.95. The van der Waals surface area contributed by atoms with Crippen molar-refractivity contribution in [3.63, 3.8) is 0 Å². The molecule has 0 aliphatic heterocycles. The zero-order valence-corrected chi connectivity index (χ0v) is 10.3. The molecular formula is C12H15ClF3N. The van der Waals surface area contributed by atoms with Gasteiger partial charge in [0.2, 0.25) is 0 Å². The van der Waals surface area contributed by atoms with Crippen molar-refractivity contribution in [1.82, 2.24) is 5.32 Å². The summed E-state index contributed by atoms with van der Waals surface area (Å²) in [6, 6.07) is 5.07. The predicted molar refractivity (Wildman–Crippen MR) is 63.3 cm³/mol. The minimum atomic E-state index is -4.26. The van der Waals surface area contributed by atoms with E-state index in [4.69, 9.17) is 11.6 Å². The summed E-state index contributed by atoms with van der Waals surface area (Å²) in [5.74, 6) is 0. The lowest BCUT2D eigenvalue weighted by Gasteiger charge is -2.22. The van der Waals surface area contributed by atoms with Crippen LogP contribution in [-0.4, -0.2) is 18.8 Å². The molecule has 1 N–H and O–H groups in total. The monoisotopic (exact) mass is 265 g/mol. The Labute approximate surface area is 104 Å². The van der Waals surface area contributed by atoms with Gasteiger partial charge in [-0.15, -0.1) is 0 Å². The Balaban J connectivity index is 2.76. The third kappa shape index (κ3) is 4.56. The summed E-state index contributed by atoms with van der Waals surface area (Å²) in [5, 5.41) is 2.88. The normalized spacial score (nSPS) is 13.7. The van der Waals surface area contributed by atoms with Crippen molar-refractivity contribution in [3.05, 3.63) is 34.9 Å². The maximum atomic E-state index is 12.8. The van der Waals surface area contributed by atoms with Crippen molar-refractivity contribution in [2.24, 2.45) is 0 Å². The van der Waals surface area contributed by atoms with Crippen LogP contribution in [0.5, 0.6) is 0 Å². The maximum Gasteiger partial charge on any atom is 0.404 e. The molecule has 0 radical (unpaired) electrons. The topological polar surface area (TPSA) is 12.0 Å². The van der Waals surface area contributed by atoms with E-state index in [2.05, 4.69) is 5.32 Å². The fraction of sp³-hybridized carbons (Fsp3) is 0.500. The molecule has 0 aliphatic carbocycles. The summed E-state index contributed by atoms with van der Waals surface area (Å²) >= 11 is 5.86. The summed E-state index contributed by atoms with van der Waals surface area (Å²) in [6.45, 7) is 2.17. The van der Waals surface area contributed by atoms with E-state index < -0.39 is 12.2 Å². The van der Waals surface area contributed by atoms with Crippen molar-refractivity contribution >= 4 is 11.6 Å². The molecule has 0 fully saturated rings. The molecule has 0 saturated carbocycles. The first-order valence-electron chi connectivity index (χ1n) is 5.48. The highest BCUT2D eigenvalue weighted by Gasteiger charge is 2.39. The van der Waals surface area contributed by atoms with E-state index in [1.807, 2.05) is 6.92 Å². The van der Waals surface area contributed by atoms with Crippen molar-refractivity contribution in [2.45, 2.75) is 32.0 Å². The Kier molecular flexibility index (Phi) is 5.28. The zero-order chi connectivity index (χ0) is 12.9. The smallest absolute Gasteiger partial charge is 0.306 e.